The Labute approximate surface area is 169 Å². The highest BCUT2D eigenvalue weighted by Gasteiger charge is 2.22. The van der Waals surface area contributed by atoms with Crippen molar-refractivity contribution in [1.29, 1.82) is 0 Å². The summed E-state index contributed by atoms with van der Waals surface area (Å²) in [7, 11) is -3.13. The zero-order valence-electron chi connectivity index (χ0n) is 16.7. The van der Waals surface area contributed by atoms with Gasteiger partial charge in [-0.2, -0.15) is 9.78 Å². The fraction of sp³-hybridized carbons (Fsp3) is 0.300. The van der Waals surface area contributed by atoms with E-state index in [1.54, 1.807) is 48.8 Å². The summed E-state index contributed by atoms with van der Waals surface area (Å²) in [6, 6.07) is 9.96. The number of carbonyl (C=O) groups excluding carboxylic acids is 1. The lowest BCUT2D eigenvalue weighted by Crippen LogP contribution is -2.16. The van der Waals surface area contributed by atoms with Gasteiger partial charge in [0.15, 0.2) is 9.84 Å². The van der Waals surface area contributed by atoms with Crippen molar-refractivity contribution in [2.75, 3.05) is 11.6 Å². The van der Waals surface area contributed by atoms with E-state index in [4.69, 9.17) is 0 Å². The minimum Gasteiger partial charge on any atom is -0.306 e. The molecule has 1 amide bonds. The van der Waals surface area contributed by atoms with Gasteiger partial charge >= 0.3 is 0 Å². The van der Waals surface area contributed by atoms with Crippen LogP contribution in [0.25, 0.3) is 5.95 Å². The maximum atomic E-state index is 12.7. The van der Waals surface area contributed by atoms with Gasteiger partial charge in [-0.1, -0.05) is 32.9 Å². The van der Waals surface area contributed by atoms with Crippen molar-refractivity contribution in [2.24, 2.45) is 0 Å². The smallest absolute Gasteiger partial charge is 0.256 e. The van der Waals surface area contributed by atoms with E-state index in [1.165, 1.54) is 10.9 Å². The van der Waals surface area contributed by atoms with Crippen molar-refractivity contribution >= 4 is 21.6 Å². The highest BCUT2D eigenvalue weighted by atomic mass is 32.2. The van der Waals surface area contributed by atoms with Crippen LogP contribution in [0.3, 0.4) is 0 Å². The number of carbonyl (C=O) groups is 1. The van der Waals surface area contributed by atoms with Crippen molar-refractivity contribution in [2.45, 2.75) is 31.9 Å². The predicted octanol–water partition coefficient (Wildman–Crippen LogP) is 2.76. The van der Waals surface area contributed by atoms with Gasteiger partial charge in [0.1, 0.15) is 5.82 Å². The molecule has 0 radical (unpaired) electrons. The molecule has 2 heterocycles. The molecule has 0 aliphatic carbocycles. The molecule has 152 valence electrons. The van der Waals surface area contributed by atoms with Gasteiger partial charge in [-0.15, -0.1) is 0 Å². The molecule has 29 heavy (non-hydrogen) atoms. The van der Waals surface area contributed by atoms with Gasteiger partial charge in [0.05, 0.1) is 11.4 Å². The van der Waals surface area contributed by atoms with Crippen LogP contribution in [0.4, 0.5) is 5.82 Å². The molecule has 0 bridgehead atoms. The van der Waals surface area contributed by atoms with Crippen molar-refractivity contribution in [1.82, 2.24) is 19.7 Å². The normalized spacial score (nSPS) is 12.0. The van der Waals surface area contributed by atoms with Crippen LogP contribution in [-0.4, -0.2) is 40.3 Å². The highest BCUT2D eigenvalue weighted by Crippen LogP contribution is 2.25. The molecule has 0 saturated heterocycles. The van der Waals surface area contributed by atoms with Crippen LogP contribution < -0.4 is 5.32 Å². The van der Waals surface area contributed by atoms with E-state index in [-0.39, 0.29) is 17.1 Å². The van der Waals surface area contributed by atoms with Gasteiger partial charge in [0.25, 0.3) is 11.9 Å². The Morgan fingerprint density at radius 3 is 2.28 bits per heavy atom. The largest absolute Gasteiger partial charge is 0.306 e. The Bertz CT molecular complexity index is 1120. The van der Waals surface area contributed by atoms with Gasteiger partial charge in [-0.05, 0) is 23.8 Å². The summed E-state index contributed by atoms with van der Waals surface area (Å²) in [4.78, 5) is 21.2. The van der Waals surface area contributed by atoms with Crippen molar-refractivity contribution in [3.8, 4) is 5.95 Å². The molecule has 0 atom stereocenters. The quantitative estimate of drug-likeness (QED) is 0.689. The average Bonchev–Trinajstić information content (AvgIpc) is 3.06. The lowest BCUT2D eigenvalue weighted by molar-refractivity contribution is 0.102. The topological polar surface area (TPSA) is 107 Å². The van der Waals surface area contributed by atoms with E-state index >= 15 is 0 Å². The van der Waals surface area contributed by atoms with Crippen LogP contribution in [0, 0.1) is 0 Å². The Morgan fingerprint density at radius 1 is 1.10 bits per heavy atom. The van der Waals surface area contributed by atoms with Crippen LogP contribution in [-0.2, 0) is 21.0 Å². The second-order valence-corrected chi connectivity index (χ2v) is 9.99. The Morgan fingerprint density at radius 2 is 1.72 bits per heavy atom. The third-order valence-corrected chi connectivity index (χ3v) is 4.96. The first kappa shape index (κ1) is 20.7. The van der Waals surface area contributed by atoms with Crippen molar-refractivity contribution in [3.63, 3.8) is 0 Å². The molecule has 0 spiro atoms. The number of rotatable bonds is 5. The minimum absolute atomic E-state index is 0.0675. The highest BCUT2D eigenvalue weighted by molar-refractivity contribution is 7.89. The lowest BCUT2D eigenvalue weighted by atomic mass is 9.92. The monoisotopic (exact) mass is 413 g/mol. The van der Waals surface area contributed by atoms with Gasteiger partial charge in [0, 0.05) is 35.7 Å². The first-order valence-electron chi connectivity index (χ1n) is 8.99. The van der Waals surface area contributed by atoms with Gasteiger partial charge < -0.3 is 5.32 Å². The average molecular weight is 414 g/mol. The number of nitrogens with one attached hydrogen (secondary N) is 1. The molecular weight excluding hydrogens is 390 g/mol. The van der Waals surface area contributed by atoms with Crippen molar-refractivity contribution < 1.29 is 13.2 Å². The standard InChI is InChI=1S/C20H23N5O3S/c1-20(2,3)16-12-17(25(24-16)19-21-10-5-11-22-19)23-18(26)15-8-6-14(7-9-15)13-29(4,27)28/h5-12H,13H2,1-4H3,(H,23,26). The molecule has 0 aliphatic heterocycles. The van der Waals surface area contributed by atoms with Gasteiger partial charge in [-0.3, -0.25) is 4.79 Å². The lowest BCUT2D eigenvalue weighted by Gasteiger charge is -2.13. The van der Waals surface area contributed by atoms with Gasteiger partial charge in [-0.25, -0.2) is 18.4 Å². The molecule has 1 N–H and O–H groups in total. The third kappa shape index (κ3) is 5.26. The summed E-state index contributed by atoms with van der Waals surface area (Å²) in [5, 5.41) is 7.41. The maximum Gasteiger partial charge on any atom is 0.256 e. The zero-order valence-corrected chi connectivity index (χ0v) is 17.6. The number of benzene rings is 1. The number of anilines is 1. The molecule has 0 saturated carbocycles. The fourth-order valence-corrected chi connectivity index (χ4v) is 3.43. The molecule has 3 rings (SSSR count). The van der Waals surface area contributed by atoms with Crippen molar-refractivity contribution in [3.05, 3.63) is 65.6 Å². The molecule has 8 nitrogen and oxygen atoms in total. The number of amides is 1. The van der Waals surface area contributed by atoms with E-state index in [9.17, 15) is 13.2 Å². The van der Waals surface area contributed by atoms with Crippen LogP contribution in [0.1, 0.15) is 42.4 Å². The van der Waals surface area contributed by atoms with Crippen LogP contribution >= 0.6 is 0 Å². The molecule has 1 aromatic carbocycles. The molecule has 2 aromatic heterocycles. The fourth-order valence-electron chi connectivity index (χ4n) is 2.63. The predicted molar refractivity (Wildman–Crippen MR) is 111 cm³/mol. The maximum absolute atomic E-state index is 12.7. The molecular formula is C20H23N5O3S. The van der Waals surface area contributed by atoms with E-state index in [2.05, 4.69) is 20.4 Å². The molecule has 0 aliphatic rings. The van der Waals surface area contributed by atoms with E-state index in [0.29, 0.717) is 22.9 Å². The van der Waals surface area contributed by atoms with E-state index < -0.39 is 9.84 Å². The number of aromatic nitrogens is 4. The first-order chi connectivity index (χ1) is 13.5. The summed E-state index contributed by atoms with van der Waals surface area (Å²) in [6.07, 6.45) is 4.38. The Balaban J connectivity index is 1.89. The third-order valence-electron chi connectivity index (χ3n) is 4.11. The van der Waals surface area contributed by atoms with Crippen LogP contribution in [0.15, 0.2) is 48.8 Å². The van der Waals surface area contributed by atoms with E-state index in [1.807, 2.05) is 20.8 Å². The molecule has 3 aromatic rings. The number of nitrogens with zero attached hydrogens (tertiary/aromatic N) is 4. The number of hydrogen-bond donors (Lipinski definition) is 1. The van der Waals surface area contributed by atoms with E-state index in [0.717, 1.165) is 5.69 Å². The minimum atomic E-state index is -3.13. The second-order valence-electron chi connectivity index (χ2n) is 7.85. The first-order valence-corrected chi connectivity index (χ1v) is 11.0. The summed E-state index contributed by atoms with van der Waals surface area (Å²) >= 11 is 0. The SMILES string of the molecule is CC(C)(C)c1cc(NC(=O)c2ccc(CS(C)(=O)=O)cc2)n(-c2ncccn2)n1. The summed E-state index contributed by atoms with van der Waals surface area (Å²) in [6.45, 7) is 6.08. The number of hydrogen-bond acceptors (Lipinski definition) is 6. The van der Waals surface area contributed by atoms with Crippen LogP contribution in [0.2, 0.25) is 0 Å². The Hall–Kier alpha value is -3.07. The van der Waals surface area contributed by atoms with Crippen LogP contribution in [0.5, 0.6) is 0 Å². The summed E-state index contributed by atoms with van der Waals surface area (Å²) in [5.74, 6) is 0.392. The number of sulfone groups is 1. The molecule has 0 fully saturated rings. The molecule has 9 heteroatoms. The Kier molecular flexibility index (Phi) is 5.52. The summed E-state index contributed by atoms with van der Waals surface area (Å²) < 4.78 is 24.3. The summed E-state index contributed by atoms with van der Waals surface area (Å²) in [5.41, 5.74) is 1.58. The second kappa shape index (κ2) is 7.75. The van der Waals surface area contributed by atoms with Gasteiger partial charge in [0.2, 0.25) is 0 Å². The zero-order chi connectivity index (χ0) is 21.2. The molecule has 0 unspecified atom stereocenters.